The van der Waals surface area contributed by atoms with E-state index in [0.29, 0.717) is 17.9 Å². The number of tetrazole rings is 1. The highest BCUT2D eigenvalue weighted by atomic mass is 19.4. The Morgan fingerprint density at radius 1 is 1.22 bits per heavy atom. The molecule has 8 heteroatoms. The Hall–Kier alpha value is -1.96. The van der Waals surface area contributed by atoms with E-state index in [9.17, 15) is 13.2 Å². The number of rotatable bonds is 4. The van der Waals surface area contributed by atoms with Crippen molar-refractivity contribution in [2.45, 2.75) is 39.5 Å². The number of aromatic nitrogens is 4. The summed E-state index contributed by atoms with van der Waals surface area (Å²) >= 11 is 0. The number of halogens is 3. The van der Waals surface area contributed by atoms with Crippen molar-refractivity contribution in [3.8, 4) is 0 Å². The van der Waals surface area contributed by atoms with Gasteiger partial charge in [0.25, 0.3) is 0 Å². The fourth-order valence-corrected chi connectivity index (χ4v) is 2.41. The fraction of sp³-hybridized carbons (Fsp3) is 0.533. The summed E-state index contributed by atoms with van der Waals surface area (Å²) in [7, 11) is 1.66. The number of hydrogen-bond donors (Lipinski definition) is 1. The number of aryl methyl sites for hydroxylation is 1. The lowest BCUT2D eigenvalue weighted by Gasteiger charge is -2.32. The Morgan fingerprint density at radius 3 is 2.43 bits per heavy atom. The molecule has 1 heterocycles. The number of nitrogens with one attached hydrogen (secondary N) is 1. The van der Waals surface area contributed by atoms with Gasteiger partial charge in [0.1, 0.15) is 0 Å². The maximum Gasteiger partial charge on any atom is 0.416 e. The van der Waals surface area contributed by atoms with Gasteiger partial charge in [0, 0.05) is 6.04 Å². The molecule has 126 valence electrons. The summed E-state index contributed by atoms with van der Waals surface area (Å²) in [5, 5.41) is 14.9. The van der Waals surface area contributed by atoms with Gasteiger partial charge < -0.3 is 5.32 Å². The van der Waals surface area contributed by atoms with Gasteiger partial charge in [-0.25, -0.2) is 0 Å². The normalized spacial score (nSPS) is 14.0. The Kier molecular flexibility index (Phi) is 4.74. The SMILES string of the molecule is Cn1nnc(CN[C@@H](c2cccc(C(F)(F)F)c2)C(C)(C)C)n1. The maximum atomic E-state index is 12.9. The van der Waals surface area contributed by atoms with E-state index >= 15 is 0 Å². The number of alkyl halides is 3. The maximum absolute atomic E-state index is 12.9. The van der Waals surface area contributed by atoms with Gasteiger partial charge in [-0.05, 0) is 28.3 Å². The Morgan fingerprint density at radius 2 is 1.91 bits per heavy atom. The summed E-state index contributed by atoms with van der Waals surface area (Å²) < 4.78 is 38.8. The van der Waals surface area contributed by atoms with Crippen LogP contribution in [0.5, 0.6) is 0 Å². The molecule has 2 aromatic rings. The first-order valence-electron chi connectivity index (χ1n) is 7.21. The van der Waals surface area contributed by atoms with E-state index in [1.54, 1.807) is 13.1 Å². The van der Waals surface area contributed by atoms with E-state index in [1.807, 2.05) is 20.8 Å². The van der Waals surface area contributed by atoms with Gasteiger partial charge >= 0.3 is 6.18 Å². The zero-order valence-electron chi connectivity index (χ0n) is 13.5. The van der Waals surface area contributed by atoms with Gasteiger partial charge in [0.05, 0.1) is 19.2 Å². The van der Waals surface area contributed by atoms with Crippen molar-refractivity contribution in [3.63, 3.8) is 0 Å². The average Bonchev–Trinajstić information content (AvgIpc) is 2.82. The molecular weight excluding hydrogens is 307 g/mol. The zero-order valence-corrected chi connectivity index (χ0v) is 13.5. The third kappa shape index (κ3) is 4.51. The lowest BCUT2D eigenvalue weighted by Crippen LogP contribution is -2.32. The molecule has 0 saturated carbocycles. The molecule has 1 aromatic carbocycles. The predicted octanol–water partition coefficient (Wildman–Crippen LogP) is 3.11. The van der Waals surface area contributed by atoms with Gasteiger partial charge in [0.15, 0.2) is 5.82 Å². The van der Waals surface area contributed by atoms with E-state index in [-0.39, 0.29) is 11.5 Å². The van der Waals surface area contributed by atoms with E-state index in [2.05, 4.69) is 20.7 Å². The molecule has 0 radical (unpaired) electrons. The molecule has 0 aliphatic heterocycles. The lowest BCUT2D eigenvalue weighted by molar-refractivity contribution is -0.137. The molecule has 0 saturated heterocycles. The smallest absolute Gasteiger partial charge is 0.302 e. The van der Waals surface area contributed by atoms with E-state index in [1.165, 1.54) is 16.9 Å². The Bertz CT molecular complexity index is 658. The van der Waals surface area contributed by atoms with Crippen molar-refractivity contribution in [2.75, 3.05) is 0 Å². The van der Waals surface area contributed by atoms with Crippen LogP contribution in [0.3, 0.4) is 0 Å². The predicted molar refractivity (Wildman–Crippen MR) is 79.3 cm³/mol. The van der Waals surface area contributed by atoms with Gasteiger partial charge in [-0.3, -0.25) is 0 Å². The third-order valence-electron chi connectivity index (χ3n) is 3.43. The first-order valence-corrected chi connectivity index (χ1v) is 7.21. The second kappa shape index (κ2) is 6.27. The van der Waals surface area contributed by atoms with Crippen LogP contribution in [0.2, 0.25) is 0 Å². The van der Waals surface area contributed by atoms with Gasteiger partial charge in [0.2, 0.25) is 0 Å². The summed E-state index contributed by atoms with van der Waals surface area (Å²) in [6.45, 7) is 6.23. The molecule has 5 nitrogen and oxygen atoms in total. The minimum absolute atomic E-state index is 0.284. The molecule has 0 bridgehead atoms. The second-order valence-electron chi connectivity index (χ2n) is 6.50. The van der Waals surface area contributed by atoms with Crippen molar-refractivity contribution in [1.29, 1.82) is 0 Å². The van der Waals surface area contributed by atoms with Crippen molar-refractivity contribution in [3.05, 3.63) is 41.2 Å². The molecule has 1 atom stereocenters. The molecule has 23 heavy (non-hydrogen) atoms. The van der Waals surface area contributed by atoms with E-state index < -0.39 is 11.7 Å². The number of hydrogen-bond acceptors (Lipinski definition) is 4. The van der Waals surface area contributed by atoms with Crippen LogP contribution in [-0.2, 0) is 19.8 Å². The minimum atomic E-state index is -4.36. The molecular formula is C15H20F3N5. The zero-order chi connectivity index (χ0) is 17.3. The van der Waals surface area contributed by atoms with E-state index in [0.717, 1.165) is 6.07 Å². The van der Waals surface area contributed by atoms with Crippen LogP contribution in [0.25, 0.3) is 0 Å². The molecule has 0 fully saturated rings. The minimum Gasteiger partial charge on any atom is -0.302 e. The molecule has 1 N–H and O–H groups in total. The average molecular weight is 327 g/mol. The topological polar surface area (TPSA) is 55.6 Å². The van der Waals surface area contributed by atoms with Gasteiger partial charge in [-0.2, -0.15) is 18.0 Å². The summed E-state index contributed by atoms with van der Waals surface area (Å²) in [6.07, 6.45) is -4.36. The molecule has 0 unspecified atom stereocenters. The van der Waals surface area contributed by atoms with Gasteiger partial charge in [-0.1, -0.05) is 32.9 Å². The van der Waals surface area contributed by atoms with Crippen LogP contribution in [0, 0.1) is 5.41 Å². The quantitative estimate of drug-likeness (QED) is 0.937. The van der Waals surface area contributed by atoms with Crippen LogP contribution < -0.4 is 5.32 Å². The van der Waals surface area contributed by atoms with Crippen LogP contribution in [0.15, 0.2) is 24.3 Å². The molecule has 0 aliphatic carbocycles. The Labute approximate surface area is 132 Å². The van der Waals surface area contributed by atoms with Crippen molar-refractivity contribution in [2.24, 2.45) is 12.5 Å². The molecule has 0 spiro atoms. The molecule has 2 rings (SSSR count). The first kappa shape index (κ1) is 17.4. The summed E-state index contributed by atoms with van der Waals surface area (Å²) in [4.78, 5) is 1.34. The lowest BCUT2D eigenvalue weighted by atomic mass is 9.82. The van der Waals surface area contributed by atoms with Crippen molar-refractivity contribution < 1.29 is 13.2 Å². The van der Waals surface area contributed by atoms with Crippen LogP contribution in [0.4, 0.5) is 13.2 Å². The highest BCUT2D eigenvalue weighted by Crippen LogP contribution is 2.36. The van der Waals surface area contributed by atoms with Gasteiger partial charge in [-0.15, -0.1) is 10.2 Å². The monoisotopic (exact) mass is 327 g/mol. The number of benzene rings is 1. The highest BCUT2D eigenvalue weighted by molar-refractivity contribution is 5.29. The van der Waals surface area contributed by atoms with Crippen molar-refractivity contribution >= 4 is 0 Å². The van der Waals surface area contributed by atoms with Crippen molar-refractivity contribution in [1.82, 2.24) is 25.5 Å². The summed E-state index contributed by atoms with van der Waals surface area (Å²) in [5.41, 5.74) is -0.355. The molecule has 1 aromatic heterocycles. The summed E-state index contributed by atoms with van der Waals surface area (Å²) in [6, 6.07) is 5.11. The third-order valence-corrected chi connectivity index (χ3v) is 3.43. The Balaban J connectivity index is 2.25. The second-order valence-corrected chi connectivity index (χ2v) is 6.50. The molecule has 0 amide bonds. The fourth-order valence-electron chi connectivity index (χ4n) is 2.41. The van der Waals surface area contributed by atoms with Crippen LogP contribution in [-0.4, -0.2) is 20.2 Å². The van der Waals surface area contributed by atoms with Crippen LogP contribution in [0.1, 0.15) is 43.8 Å². The largest absolute Gasteiger partial charge is 0.416 e. The molecule has 0 aliphatic rings. The number of nitrogens with zero attached hydrogens (tertiary/aromatic N) is 4. The first-order chi connectivity index (χ1) is 10.6. The summed E-state index contributed by atoms with van der Waals surface area (Å²) in [5.74, 6) is 0.494. The van der Waals surface area contributed by atoms with E-state index in [4.69, 9.17) is 0 Å². The highest BCUT2D eigenvalue weighted by Gasteiger charge is 2.33. The van der Waals surface area contributed by atoms with Crippen LogP contribution >= 0.6 is 0 Å². The standard InChI is InChI=1S/C15H20F3N5/c1-14(2,3)13(19-9-12-20-22-23(4)21-12)10-6-5-7-11(8-10)15(16,17)18/h5-8,13,19H,9H2,1-4H3/t13-/m0/s1.